The van der Waals surface area contributed by atoms with Crippen LogP contribution >= 0.6 is 22.7 Å². The highest BCUT2D eigenvalue weighted by molar-refractivity contribution is 7.22. The first-order valence-electron chi connectivity index (χ1n) is 8.20. The summed E-state index contributed by atoms with van der Waals surface area (Å²) in [5.41, 5.74) is -2.66. The normalized spacial score (nSPS) is 14.1. The lowest BCUT2D eigenvalue weighted by Crippen LogP contribution is -2.46. The molecule has 0 aliphatic rings. The smallest absolute Gasteiger partial charge is 0.374 e. The summed E-state index contributed by atoms with van der Waals surface area (Å²) < 4.78 is 41.6. The summed E-state index contributed by atoms with van der Waals surface area (Å²) in [4.78, 5) is 21.6. The topological polar surface area (TPSA) is 80.0 Å². The SMILES string of the molecule is Cc1nc(-c2cccs2)sc1C(=O)NCCC(O)(c1nccn1C)C(F)(F)F. The van der Waals surface area contributed by atoms with Crippen LogP contribution in [0.5, 0.6) is 0 Å². The summed E-state index contributed by atoms with van der Waals surface area (Å²) in [7, 11) is 1.37. The van der Waals surface area contributed by atoms with E-state index in [-0.39, 0.29) is 6.54 Å². The molecule has 1 amide bonds. The van der Waals surface area contributed by atoms with Crippen molar-refractivity contribution in [3.63, 3.8) is 0 Å². The number of halogens is 3. The largest absolute Gasteiger partial charge is 0.424 e. The predicted octanol–water partition coefficient (Wildman–Crippen LogP) is 3.48. The zero-order valence-corrected chi connectivity index (χ0v) is 16.6. The van der Waals surface area contributed by atoms with Gasteiger partial charge < -0.3 is 15.0 Å². The van der Waals surface area contributed by atoms with Gasteiger partial charge in [0.15, 0.2) is 0 Å². The Hall–Kier alpha value is -2.24. The lowest BCUT2D eigenvalue weighted by Gasteiger charge is -2.29. The highest BCUT2D eigenvalue weighted by atomic mass is 32.1. The van der Waals surface area contributed by atoms with E-state index < -0.39 is 29.9 Å². The van der Waals surface area contributed by atoms with Crippen molar-refractivity contribution in [2.24, 2.45) is 7.05 Å². The van der Waals surface area contributed by atoms with E-state index in [0.29, 0.717) is 15.6 Å². The second-order valence-corrected chi connectivity index (χ2v) is 8.08. The van der Waals surface area contributed by atoms with Gasteiger partial charge in [-0.2, -0.15) is 13.2 Å². The Morgan fingerprint density at radius 3 is 2.71 bits per heavy atom. The maximum Gasteiger partial charge on any atom is 0.424 e. The van der Waals surface area contributed by atoms with Crippen LogP contribution in [0.25, 0.3) is 9.88 Å². The van der Waals surface area contributed by atoms with E-state index >= 15 is 0 Å². The Kier molecular flexibility index (Phi) is 5.60. The molecule has 2 N–H and O–H groups in total. The molecule has 28 heavy (non-hydrogen) atoms. The number of imidazole rings is 1. The number of thiophene rings is 1. The Morgan fingerprint density at radius 2 is 2.14 bits per heavy atom. The molecule has 150 valence electrons. The molecule has 0 radical (unpaired) electrons. The average molecular weight is 430 g/mol. The second-order valence-electron chi connectivity index (χ2n) is 6.14. The second kappa shape index (κ2) is 7.64. The third-order valence-electron chi connectivity index (χ3n) is 4.17. The molecule has 3 aromatic heterocycles. The van der Waals surface area contributed by atoms with Gasteiger partial charge in [-0.05, 0) is 18.4 Å². The van der Waals surface area contributed by atoms with Crippen molar-refractivity contribution in [2.45, 2.75) is 25.1 Å². The van der Waals surface area contributed by atoms with Crippen LogP contribution in [-0.2, 0) is 12.6 Å². The molecule has 0 aromatic carbocycles. The standard InChI is InChI=1S/C17H17F3N4O2S2/c1-10-12(28-14(23-10)11-4-3-9-27-11)13(25)21-6-5-16(26,17(18,19)20)15-22-7-8-24(15)2/h3-4,7-9,26H,5-6H2,1-2H3,(H,21,25). The summed E-state index contributed by atoms with van der Waals surface area (Å²) in [5.74, 6) is -1.05. The van der Waals surface area contributed by atoms with Crippen LogP contribution in [0.15, 0.2) is 29.9 Å². The minimum Gasteiger partial charge on any atom is -0.374 e. The maximum atomic E-state index is 13.5. The van der Waals surface area contributed by atoms with Gasteiger partial charge in [0.2, 0.25) is 5.60 Å². The molecule has 0 spiro atoms. The number of aromatic nitrogens is 3. The molecule has 0 saturated carbocycles. The number of nitrogens with one attached hydrogen (secondary N) is 1. The van der Waals surface area contributed by atoms with Crippen molar-refractivity contribution in [2.75, 3.05) is 6.54 Å². The Bertz CT molecular complexity index is 966. The van der Waals surface area contributed by atoms with E-state index in [9.17, 15) is 23.1 Å². The van der Waals surface area contributed by atoms with E-state index in [0.717, 1.165) is 9.44 Å². The number of thiazole rings is 1. The number of aryl methyl sites for hydroxylation is 2. The van der Waals surface area contributed by atoms with E-state index in [1.54, 1.807) is 6.92 Å². The first-order valence-corrected chi connectivity index (χ1v) is 9.89. The van der Waals surface area contributed by atoms with Crippen LogP contribution in [0.4, 0.5) is 13.2 Å². The third-order valence-corrected chi connectivity index (χ3v) is 6.36. The Morgan fingerprint density at radius 1 is 1.39 bits per heavy atom. The number of amides is 1. The van der Waals surface area contributed by atoms with Crippen LogP contribution < -0.4 is 5.32 Å². The summed E-state index contributed by atoms with van der Waals surface area (Å²) in [5, 5.41) is 15.3. The molecule has 3 rings (SSSR count). The molecule has 0 saturated heterocycles. The third kappa shape index (κ3) is 3.82. The minimum atomic E-state index is -4.94. The van der Waals surface area contributed by atoms with E-state index in [1.807, 2.05) is 17.5 Å². The van der Waals surface area contributed by atoms with E-state index in [2.05, 4.69) is 15.3 Å². The lowest BCUT2D eigenvalue weighted by atomic mass is 9.97. The first kappa shape index (κ1) is 20.5. The highest BCUT2D eigenvalue weighted by Crippen LogP contribution is 2.40. The molecule has 6 nitrogen and oxygen atoms in total. The van der Waals surface area contributed by atoms with E-state index in [1.165, 1.54) is 42.1 Å². The molecule has 1 unspecified atom stereocenters. The summed E-state index contributed by atoms with van der Waals surface area (Å²) >= 11 is 2.66. The van der Waals surface area contributed by atoms with E-state index in [4.69, 9.17) is 0 Å². The quantitative estimate of drug-likeness (QED) is 0.628. The molecular weight excluding hydrogens is 413 g/mol. The zero-order valence-electron chi connectivity index (χ0n) is 14.9. The van der Waals surface area contributed by atoms with Crippen molar-refractivity contribution in [3.8, 4) is 9.88 Å². The number of rotatable bonds is 6. The predicted molar refractivity (Wildman–Crippen MR) is 100 cm³/mol. The van der Waals surface area contributed by atoms with Gasteiger partial charge in [0.1, 0.15) is 15.7 Å². The van der Waals surface area contributed by atoms with Crippen molar-refractivity contribution in [1.29, 1.82) is 0 Å². The number of hydrogen-bond acceptors (Lipinski definition) is 6. The molecule has 3 heterocycles. The van der Waals surface area contributed by atoms with Crippen molar-refractivity contribution >= 4 is 28.6 Å². The summed E-state index contributed by atoms with van der Waals surface area (Å²) in [6, 6.07) is 3.74. The fraction of sp³-hybridized carbons (Fsp3) is 0.353. The van der Waals surface area contributed by atoms with Gasteiger partial charge in [0, 0.05) is 32.4 Å². The average Bonchev–Trinajstić information content (AvgIpc) is 3.33. The van der Waals surface area contributed by atoms with Crippen LogP contribution in [0, 0.1) is 6.92 Å². The number of carbonyl (C=O) groups is 1. The first-order chi connectivity index (χ1) is 13.1. The number of alkyl halides is 3. The van der Waals surface area contributed by atoms with Crippen LogP contribution in [-0.4, -0.2) is 38.3 Å². The van der Waals surface area contributed by atoms with Crippen LogP contribution in [0.3, 0.4) is 0 Å². The number of hydrogen-bond donors (Lipinski definition) is 2. The maximum absolute atomic E-state index is 13.5. The molecule has 0 aliphatic heterocycles. The highest BCUT2D eigenvalue weighted by Gasteiger charge is 2.57. The summed E-state index contributed by atoms with van der Waals surface area (Å²) in [6.07, 6.45) is -3.21. The molecule has 3 aromatic rings. The van der Waals surface area contributed by atoms with Gasteiger partial charge in [0.05, 0.1) is 10.6 Å². The Balaban J connectivity index is 1.71. The van der Waals surface area contributed by atoms with Crippen molar-refractivity contribution in [1.82, 2.24) is 19.9 Å². The number of carbonyl (C=O) groups excluding carboxylic acids is 1. The van der Waals surface area contributed by atoms with Gasteiger partial charge in [0.25, 0.3) is 5.91 Å². The lowest BCUT2D eigenvalue weighted by molar-refractivity contribution is -0.272. The zero-order chi connectivity index (χ0) is 20.5. The van der Waals surface area contributed by atoms with Gasteiger partial charge in [-0.3, -0.25) is 4.79 Å². The molecule has 11 heteroatoms. The fourth-order valence-corrected chi connectivity index (χ4v) is 4.47. The molecule has 1 atom stereocenters. The number of nitrogens with zero attached hydrogens (tertiary/aromatic N) is 3. The van der Waals surface area contributed by atoms with Gasteiger partial charge in [-0.25, -0.2) is 9.97 Å². The molecule has 0 bridgehead atoms. The van der Waals surface area contributed by atoms with Gasteiger partial charge >= 0.3 is 6.18 Å². The Labute approximate surface area is 166 Å². The molecule has 0 fully saturated rings. The van der Waals surface area contributed by atoms with Gasteiger partial charge in [-0.1, -0.05) is 6.07 Å². The summed E-state index contributed by atoms with van der Waals surface area (Å²) in [6.45, 7) is 1.29. The van der Waals surface area contributed by atoms with Crippen LogP contribution in [0.2, 0.25) is 0 Å². The number of aliphatic hydroxyl groups is 1. The van der Waals surface area contributed by atoms with Crippen LogP contribution in [0.1, 0.15) is 27.6 Å². The van der Waals surface area contributed by atoms with Crippen molar-refractivity contribution in [3.05, 3.63) is 46.3 Å². The van der Waals surface area contributed by atoms with Gasteiger partial charge in [-0.15, -0.1) is 22.7 Å². The molecular formula is C17H17F3N4O2S2. The fourth-order valence-electron chi connectivity index (χ4n) is 2.69. The minimum absolute atomic E-state index is 0.330. The molecule has 0 aliphatic carbocycles. The monoisotopic (exact) mass is 430 g/mol. The van der Waals surface area contributed by atoms with Crippen molar-refractivity contribution < 1.29 is 23.1 Å².